The van der Waals surface area contributed by atoms with Crippen LogP contribution in [0.2, 0.25) is 0 Å². The number of hydrogen-bond donors (Lipinski definition) is 1. The van der Waals surface area contributed by atoms with Crippen molar-refractivity contribution >= 4 is 28.7 Å². The van der Waals surface area contributed by atoms with Gasteiger partial charge in [0, 0.05) is 36.9 Å². The number of nitro groups is 2. The van der Waals surface area contributed by atoms with Crippen LogP contribution >= 0.6 is 0 Å². The zero-order chi connectivity index (χ0) is 20.3. The number of ether oxygens (including phenoxy) is 1. The highest BCUT2D eigenvalue weighted by Gasteiger charge is 2.23. The van der Waals surface area contributed by atoms with Gasteiger partial charge in [-0.25, -0.2) is 0 Å². The van der Waals surface area contributed by atoms with Crippen molar-refractivity contribution in [2.45, 2.75) is 6.92 Å². The summed E-state index contributed by atoms with van der Waals surface area (Å²) in [5, 5.41) is 25.0. The van der Waals surface area contributed by atoms with E-state index in [1.54, 1.807) is 13.0 Å². The molecule has 10 nitrogen and oxygen atoms in total. The van der Waals surface area contributed by atoms with Crippen molar-refractivity contribution in [3.8, 4) is 0 Å². The maximum Gasteiger partial charge on any atom is 0.293 e. The fourth-order valence-corrected chi connectivity index (χ4v) is 2.94. The van der Waals surface area contributed by atoms with Gasteiger partial charge in [-0.15, -0.1) is 0 Å². The molecule has 0 saturated carbocycles. The minimum Gasteiger partial charge on any atom is -0.378 e. The Hall–Kier alpha value is -3.53. The van der Waals surface area contributed by atoms with Gasteiger partial charge in [0.1, 0.15) is 5.69 Å². The monoisotopic (exact) mass is 386 g/mol. The van der Waals surface area contributed by atoms with E-state index in [-0.39, 0.29) is 22.6 Å². The van der Waals surface area contributed by atoms with Crippen molar-refractivity contribution in [2.24, 2.45) is 0 Å². The molecule has 28 heavy (non-hydrogen) atoms. The Balaban J connectivity index is 1.88. The van der Waals surface area contributed by atoms with E-state index in [4.69, 9.17) is 4.74 Å². The molecule has 1 N–H and O–H groups in total. The summed E-state index contributed by atoms with van der Waals surface area (Å²) in [7, 11) is 0. The molecule has 3 rings (SSSR count). The third-order valence-corrected chi connectivity index (χ3v) is 4.47. The lowest BCUT2D eigenvalue weighted by Crippen LogP contribution is -2.36. The minimum absolute atomic E-state index is 0.0922. The molecular formula is C18H18N4O6. The summed E-state index contributed by atoms with van der Waals surface area (Å²) in [6.07, 6.45) is 0. The summed E-state index contributed by atoms with van der Waals surface area (Å²) in [5.41, 5.74) is 1.10. The molecule has 0 aliphatic carbocycles. The van der Waals surface area contributed by atoms with Crippen LogP contribution in [0.3, 0.4) is 0 Å². The second kappa shape index (κ2) is 8.01. The van der Waals surface area contributed by atoms with Gasteiger partial charge in [0.15, 0.2) is 0 Å². The summed E-state index contributed by atoms with van der Waals surface area (Å²) >= 11 is 0. The molecule has 2 aromatic rings. The number of morpholine rings is 1. The third-order valence-electron chi connectivity index (χ3n) is 4.47. The number of non-ortho nitro benzene ring substituents is 1. The fraction of sp³-hybridized carbons (Fsp3) is 0.278. The molecule has 1 fully saturated rings. The number of nitrogens with one attached hydrogen (secondary N) is 1. The fourth-order valence-electron chi connectivity index (χ4n) is 2.94. The summed E-state index contributed by atoms with van der Waals surface area (Å²) in [6, 6.07) is 8.37. The average Bonchev–Trinajstić information content (AvgIpc) is 2.69. The first-order valence-corrected chi connectivity index (χ1v) is 8.54. The highest BCUT2D eigenvalue weighted by atomic mass is 16.6. The van der Waals surface area contributed by atoms with Gasteiger partial charge < -0.3 is 15.0 Å². The minimum atomic E-state index is -0.583. The molecule has 0 unspecified atom stereocenters. The van der Waals surface area contributed by atoms with Crippen LogP contribution in [0.1, 0.15) is 15.9 Å². The molecule has 1 aliphatic rings. The van der Waals surface area contributed by atoms with Crippen molar-refractivity contribution in [1.82, 2.24) is 0 Å². The van der Waals surface area contributed by atoms with Gasteiger partial charge in [0.25, 0.3) is 17.3 Å². The maximum atomic E-state index is 12.6. The van der Waals surface area contributed by atoms with E-state index >= 15 is 0 Å². The smallest absolute Gasteiger partial charge is 0.293 e. The topological polar surface area (TPSA) is 128 Å². The molecule has 0 atom stereocenters. The molecule has 1 aliphatic heterocycles. The summed E-state index contributed by atoms with van der Waals surface area (Å²) in [4.78, 5) is 35.8. The van der Waals surface area contributed by atoms with Gasteiger partial charge in [0.05, 0.1) is 28.7 Å². The lowest BCUT2D eigenvalue weighted by Gasteiger charge is -2.28. The zero-order valence-electron chi connectivity index (χ0n) is 15.1. The second-order valence-electron chi connectivity index (χ2n) is 6.27. The number of carbonyl (C=O) groups excluding carboxylic acids is 1. The Bertz CT molecular complexity index is 940. The van der Waals surface area contributed by atoms with Crippen molar-refractivity contribution < 1.29 is 19.4 Å². The maximum absolute atomic E-state index is 12.6. The Kier molecular flexibility index (Phi) is 5.50. The van der Waals surface area contributed by atoms with Gasteiger partial charge >= 0.3 is 0 Å². The van der Waals surface area contributed by atoms with Crippen LogP contribution in [-0.2, 0) is 4.74 Å². The summed E-state index contributed by atoms with van der Waals surface area (Å²) in [6.45, 7) is 3.71. The molecule has 1 saturated heterocycles. The first-order chi connectivity index (χ1) is 13.4. The Morgan fingerprint density at radius 1 is 1.07 bits per heavy atom. The first kappa shape index (κ1) is 19.2. The average molecular weight is 386 g/mol. The van der Waals surface area contributed by atoms with E-state index in [1.165, 1.54) is 30.3 Å². The van der Waals surface area contributed by atoms with Gasteiger partial charge in [-0.1, -0.05) is 6.07 Å². The number of nitro benzene ring substituents is 2. The summed E-state index contributed by atoms with van der Waals surface area (Å²) in [5.74, 6) is -0.583. The Labute approximate surface area is 160 Å². The predicted molar refractivity (Wildman–Crippen MR) is 102 cm³/mol. The van der Waals surface area contributed by atoms with Gasteiger partial charge in [-0.3, -0.25) is 25.0 Å². The van der Waals surface area contributed by atoms with Crippen molar-refractivity contribution in [3.05, 3.63) is 67.8 Å². The Morgan fingerprint density at radius 3 is 2.43 bits per heavy atom. The second-order valence-corrected chi connectivity index (χ2v) is 6.27. The van der Waals surface area contributed by atoms with Crippen LogP contribution in [-0.4, -0.2) is 42.1 Å². The molecular weight excluding hydrogens is 368 g/mol. The number of benzene rings is 2. The quantitative estimate of drug-likeness (QED) is 0.618. The van der Waals surface area contributed by atoms with Crippen LogP contribution in [0, 0.1) is 27.2 Å². The van der Waals surface area contributed by atoms with Crippen molar-refractivity contribution in [3.63, 3.8) is 0 Å². The third kappa shape index (κ3) is 4.07. The molecule has 2 aromatic carbocycles. The molecule has 0 aromatic heterocycles. The van der Waals surface area contributed by atoms with Gasteiger partial charge in [0.2, 0.25) is 0 Å². The first-order valence-electron chi connectivity index (χ1n) is 8.54. The van der Waals surface area contributed by atoms with Crippen molar-refractivity contribution in [2.75, 3.05) is 36.5 Å². The standard InChI is InChI=1S/C18H18N4O6/c1-12-2-4-14(21(24)25)11-15(12)19-18(23)13-3-5-16(17(10-13)22(26)27)20-6-8-28-9-7-20/h2-5,10-11H,6-9H2,1H3,(H,19,23). The van der Waals surface area contributed by atoms with E-state index in [1.807, 2.05) is 4.90 Å². The largest absolute Gasteiger partial charge is 0.378 e. The molecule has 1 amide bonds. The number of anilines is 2. The van der Waals surface area contributed by atoms with Gasteiger partial charge in [-0.05, 0) is 24.6 Å². The van der Waals surface area contributed by atoms with Gasteiger partial charge in [-0.2, -0.15) is 0 Å². The van der Waals surface area contributed by atoms with Crippen LogP contribution in [0.5, 0.6) is 0 Å². The van der Waals surface area contributed by atoms with Crippen molar-refractivity contribution in [1.29, 1.82) is 0 Å². The van der Waals surface area contributed by atoms with E-state index in [0.717, 1.165) is 0 Å². The Morgan fingerprint density at radius 2 is 1.79 bits per heavy atom. The van der Waals surface area contributed by atoms with Crippen LogP contribution in [0.25, 0.3) is 0 Å². The lowest BCUT2D eigenvalue weighted by molar-refractivity contribution is -0.384. The number of aryl methyl sites for hydroxylation is 1. The predicted octanol–water partition coefficient (Wildman–Crippen LogP) is 2.90. The molecule has 0 spiro atoms. The normalized spacial score (nSPS) is 13.8. The number of nitrogens with zero attached hydrogens (tertiary/aromatic N) is 3. The van der Waals surface area contributed by atoms with Crippen LogP contribution in [0.4, 0.5) is 22.7 Å². The van der Waals surface area contributed by atoms with E-state index in [0.29, 0.717) is 37.6 Å². The molecule has 146 valence electrons. The van der Waals surface area contributed by atoms with Crippen LogP contribution in [0.15, 0.2) is 36.4 Å². The van der Waals surface area contributed by atoms with E-state index in [2.05, 4.69) is 5.32 Å². The van der Waals surface area contributed by atoms with E-state index in [9.17, 15) is 25.0 Å². The SMILES string of the molecule is Cc1ccc([N+](=O)[O-])cc1NC(=O)c1ccc(N2CCOCC2)c([N+](=O)[O-])c1. The molecule has 1 heterocycles. The molecule has 10 heteroatoms. The number of carbonyl (C=O) groups is 1. The number of hydrogen-bond acceptors (Lipinski definition) is 7. The molecule has 0 radical (unpaired) electrons. The number of amides is 1. The number of rotatable bonds is 5. The zero-order valence-corrected chi connectivity index (χ0v) is 15.1. The van der Waals surface area contributed by atoms with E-state index < -0.39 is 15.8 Å². The summed E-state index contributed by atoms with van der Waals surface area (Å²) < 4.78 is 5.26. The highest BCUT2D eigenvalue weighted by Crippen LogP contribution is 2.30. The van der Waals surface area contributed by atoms with Crippen LogP contribution < -0.4 is 10.2 Å². The lowest BCUT2D eigenvalue weighted by atomic mass is 10.1. The highest BCUT2D eigenvalue weighted by molar-refractivity contribution is 6.05. The molecule has 0 bridgehead atoms.